The molecule has 1 N–H and O–H groups in total. The number of benzene rings is 3. The highest BCUT2D eigenvalue weighted by Crippen LogP contribution is 2.30. The van der Waals surface area contributed by atoms with Crippen molar-refractivity contribution in [3.63, 3.8) is 0 Å². The number of para-hydroxylation sites is 1. The molecule has 0 saturated carbocycles. The van der Waals surface area contributed by atoms with Crippen LogP contribution in [0.1, 0.15) is 83.6 Å². The highest BCUT2D eigenvalue weighted by atomic mass is 16.6. The molecule has 0 atom stereocenters. The van der Waals surface area contributed by atoms with Gasteiger partial charge in [-0.2, -0.15) is 0 Å². The van der Waals surface area contributed by atoms with Crippen molar-refractivity contribution >= 4 is 11.8 Å². The van der Waals surface area contributed by atoms with E-state index in [4.69, 9.17) is 4.74 Å². The molecule has 1 aliphatic heterocycles. The Morgan fingerprint density at radius 1 is 0.791 bits per heavy atom. The number of hydrogen-bond acceptors (Lipinski definition) is 4. The highest BCUT2D eigenvalue weighted by Gasteiger charge is 2.33. The lowest BCUT2D eigenvalue weighted by Gasteiger charge is -2.38. The fourth-order valence-electron chi connectivity index (χ4n) is 6.04. The number of ether oxygens (including phenoxy) is 1. The molecule has 0 unspecified atom stereocenters. The zero-order valence-corrected chi connectivity index (χ0v) is 26.6. The van der Waals surface area contributed by atoms with Gasteiger partial charge in [-0.05, 0) is 75.9 Å². The van der Waals surface area contributed by atoms with Gasteiger partial charge in [-0.15, -0.1) is 0 Å². The van der Waals surface area contributed by atoms with E-state index in [0.717, 1.165) is 55.8 Å². The first-order chi connectivity index (χ1) is 21.0. The van der Waals surface area contributed by atoms with Crippen molar-refractivity contribution < 1.29 is 9.53 Å². The van der Waals surface area contributed by atoms with Gasteiger partial charge in [0.2, 0.25) is 0 Å². The maximum Gasteiger partial charge on any atom is 0.412 e. The van der Waals surface area contributed by atoms with E-state index in [2.05, 4.69) is 71.4 Å². The van der Waals surface area contributed by atoms with Crippen LogP contribution in [0.3, 0.4) is 0 Å². The Morgan fingerprint density at radius 3 is 2.12 bits per heavy atom. The van der Waals surface area contributed by atoms with Crippen LogP contribution in [0.4, 0.5) is 10.5 Å². The van der Waals surface area contributed by atoms with Crippen molar-refractivity contribution in [2.75, 3.05) is 38.0 Å². The molecule has 5 nitrogen and oxygen atoms in total. The van der Waals surface area contributed by atoms with Crippen LogP contribution in [0, 0.1) is 0 Å². The molecule has 1 aliphatic rings. The van der Waals surface area contributed by atoms with E-state index in [1.54, 1.807) is 0 Å². The minimum atomic E-state index is -0.423. The largest absolute Gasteiger partial charge is 0.443 e. The van der Waals surface area contributed by atoms with Gasteiger partial charge in [0.1, 0.15) is 5.60 Å². The fourth-order valence-corrected chi connectivity index (χ4v) is 6.04. The van der Waals surface area contributed by atoms with E-state index in [-0.39, 0.29) is 6.09 Å². The topological polar surface area (TPSA) is 44.8 Å². The number of carbonyl (C=O) groups is 1. The van der Waals surface area contributed by atoms with Crippen LogP contribution < -0.4 is 5.32 Å². The van der Waals surface area contributed by atoms with E-state index in [9.17, 15) is 4.79 Å². The Kier molecular flexibility index (Phi) is 13.6. The molecule has 0 radical (unpaired) electrons. The standard InChI is InChI=1S/C38H53N3O2/c1-3-4-27-41(32-33-19-11-9-12-20-33)29-18-8-6-5-7-17-28-40-30-25-38(2,26-31-40)43-37(42)39-36-24-16-15-23-35(36)34-21-13-10-14-22-34/h9-16,19-24H,3-8,17-18,25-32H2,1-2H3,(H,39,42). The van der Waals surface area contributed by atoms with Crippen molar-refractivity contribution in [3.8, 4) is 11.1 Å². The van der Waals surface area contributed by atoms with Crippen LogP contribution >= 0.6 is 0 Å². The first kappa shape index (κ1) is 32.8. The lowest BCUT2D eigenvalue weighted by Crippen LogP contribution is -2.46. The van der Waals surface area contributed by atoms with E-state index in [1.165, 1.54) is 70.0 Å². The number of nitrogens with one attached hydrogen (secondary N) is 1. The summed E-state index contributed by atoms with van der Waals surface area (Å²) in [6.45, 7) is 11.0. The summed E-state index contributed by atoms with van der Waals surface area (Å²) >= 11 is 0. The summed E-state index contributed by atoms with van der Waals surface area (Å²) in [5.74, 6) is 0. The van der Waals surface area contributed by atoms with Gasteiger partial charge in [-0.3, -0.25) is 10.2 Å². The number of likely N-dealkylation sites (tertiary alicyclic amines) is 1. The molecule has 5 heteroatoms. The molecular weight excluding hydrogens is 530 g/mol. The lowest BCUT2D eigenvalue weighted by atomic mass is 9.93. The minimum absolute atomic E-state index is 0.368. The molecule has 0 spiro atoms. The quantitative estimate of drug-likeness (QED) is 0.161. The number of nitrogens with zero attached hydrogens (tertiary/aromatic N) is 2. The smallest absolute Gasteiger partial charge is 0.412 e. The number of hydrogen-bond donors (Lipinski definition) is 1. The van der Waals surface area contributed by atoms with Gasteiger partial charge in [0.25, 0.3) is 0 Å². The number of carbonyl (C=O) groups excluding carboxylic acids is 1. The molecule has 0 aliphatic carbocycles. The molecule has 4 rings (SSSR count). The van der Waals surface area contributed by atoms with Crippen LogP contribution in [0.2, 0.25) is 0 Å². The molecule has 1 saturated heterocycles. The number of rotatable bonds is 17. The van der Waals surface area contributed by atoms with Gasteiger partial charge < -0.3 is 9.64 Å². The average Bonchev–Trinajstić information content (AvgIpc) is 3.03. The number of piperidine rings is 1. The van der Waals surface area contributed by atoms with Gasteiger partial charge in [0.15, 0.2) is 0 Å². The summed E-state index contributed by atoms with van der Waals surface area (Å²) in [5, 5.41) is 3.00. The predicted molar refractivity (Wildman–Crippen MR) is 180 cm³/mol. The van der Waals surface area contributed by atoms with E-state index in [1.807, 2.05) is 42.5 Å². The number of amides is 1. The van der Waals surface area contributed by atoms with Crippen LogP contribution in [0.5, 0.6) is 0 Å². The van der Waals surface area contributed by atoms with Crippen LogP contribution in [0.25, 0.3) is 11.1 Å². The molecule has 3 aromatic carbocycles. The van der Waals surface area contributed by atoms with E-state index >= 15 is 0 Å². The molecular formula is C38H53N3O2. The highest BCUT2D eigenvalue weighted by molar-refractivity contribution is 5.91. The molecule has 3 aromatic rings. The van der Waals surface area contributed by atoms with Crippen molar-refractivity contribution in [2.45, 2.75) is 90.2 Å². The van der Waals surface area contributed by atoms with Gasteiger partial charge in [0, 0.05) is 25.2 Å². The second kappa shape index (κ2) is 17.8. The predicted octanol–water partition coefficient (Wildman–Crippen LogP) is 9.40. The average molecular weight is 584 g/mol. The third-order valence-electron chi connectivity index (χ3n) is 8.78. The molecule has 0 bridgehead atoms. The Labute approximate surface area is 260 Å². The van der Waals surface area contributed by atoms with Crippen molar-refractivity contribution in [1.29, 1.82) is 0 Å². The maximum atomic E-state index is 12.9. The molecule has 1 fully saturated rings. The van der Waals surface area contributed by atoms with Gasteiger partial charge in [-0.1, -0.05) is 118 Å². The summed E-state index contributed by atoms with van der Waals surface area (Å²) in [6, 6.07) is 28.9. The van der Waals surface area contributed by atoms with Crippen molar-refractivity contribution in [1.82, 2.24) is 9.80 Å². The zero-order valence-electron chi connectivity index (χ0n) is 26.6. The third-order valence-corrected chi connectivity index (χ3v) is 8.78. The molecule has 1 amide bonds. The molecule has 0 aromatic heterocycles. The van der Waals surface area contributed by atoms with Gasteiger partial charge >= 0.3 is 6.09 Å². The maximum absolute atomic E-state index is 12.9. The Hall–Kier alpha value is -3.15. The fraction of sp³-hybridized carbons (Fsp3) is 0.500. The molecule has 43 heavy (non-hydrogen) atoms. The first-order valence-corrected chi connectivity index (χ1v) is 16.7. The molecule has 232 valence electrons. The summed E-state index contributed by atoms with van der Waals surface area (Å²) in [4.78, 5) is 18.1. The van der Waals surface area contributed by atoms with Crippen LogP contribution in [0.15, 0.2) is 84.9 Å². The summed E-state index contributed by atoms with van der Waals surface area (Å²) in [6.07, 6.45) is 11.8. The number of unbranched alkanes of at least 4 members (excludes halogenated alkanes) is 6. The second-order valence-corrected chi connectivity index (χ2v) is 12.5. The SMILES string of the molecule is CCCCN(CCCCCCCCN1CCC(C)(OC(=O)Nc2ccccc2-c2ccccc2)CC1)Cc1ccccc1. The normalized spacial score (nSPS) is 15.0. The summed E-state index contributed by atoms with van der Waals surface area (Å²) in [5.41, 5.74) is 3.85. The Bertz CT molecular complexity index is 1190. The van der Waals surface area contributed by atoms with E-state index in [0.29, 0.717) is 0 Å². The van der Waals surface area contributed by atoms with Gasteiger partial charge in [-0.25, -0.2) is 4.79 Å². The summed E-state index contributed by atoms with van der Waals surface area (Å²) in [7, 11) is 0. The van der Waals surface area contributed by atoms with Crippen molar-refractivity contribution in [2.24, 2.45) is 0 Å². The third kappa shape index (κ3) is 11.5. The Balaban J connectivity index is 1.07. The lowest BCUT2D eigenvalue weighted by molar-refractivity contribution is -0.0163. The molecule has 1 heterocycles. The monoisotopic (exact) mass is 583 g/mol. The summed E-state index contributed by atoms with van der Waals surface area (Å²) < 4.78 is 5.99. The number of anilines is 1. The van der Waals surface area contributed by atoms with E-state index < -0.39 is 5.60 Å². The van der Waals surface area contributed by atoms with Crippen molar-refractivity contribution in [3.05, 3.63) is 90.5 Å². The minimum Gasteiger partial charge on any atom is -0.443 e. The van der Waals surface area contributed by atoms with Gasteiger partial charge in [0.05, 0.1) is 5.69 Å². The Morgan fingerprint density at radius 2 is 1.40 bits per heavy atom. The first-order valence-electron chi connectivity index (χ1n) is 16.7. The second-order valence-electron chi connectivity index (χ2n) is 12.5. The zero-order chi connectivity index (χ0) is 30.2. The van der Waals surface area contributed by atoms with Crippen LogP contribution in [-0.4, -0.2) is 54.2 Å². The van der Waals surface area contributed by atoms with Crippen LogP contribution in [-0.2, 0) is 11.3 Å².